The Morgan fingerprint density at radius 3 is 2.33 bits per heavy atom. The van der Waals surface area contributed by atoms with E-state index in [1.807, 2.05) is 0 Å². The lowest BCUT2D eigenvalue weighted by molar-refractivity contribution is -0.146. The molecule has 2 saturated heterocycles. The van der Waals surface area contributed by atoms with Gasteiger partial charge in [-0.15, -0.1) is 0 Å². The minimum Gasteiger partial charge on any atom is -0.479 e. The fourth-order valence-corrected chi connectivity index (χ4v) is 5.81. The molecule has 4 rings (SSSR count). The molecule has 0 unspecified atom stereocenters. The number of amides is 3. The molecule has 2 aliphatic carbocycles. The van der Waals surface area contributed by atoms with Crippen molar-refractivity contribution in [1.29, 1.82) is 0 Å². The number of carbonyl (C=O) groups is 4. The van der Waals surface area contributed by atoms with Gasteiger partial charge in [-0.1, -0.05) is 32.1 Å². The molecule has 0 aromatic carbocycles. The Labute approximate surface area is 195 Å². The van der Waals surface area contributed by atoms with Crippen molar-refractivity contribution >= 4 is 23.9 Å². The monoisotopic (exact) mass is 463 g/mol. The summed E-state index contributed by atoms with van der Waals surface area (Å²) >= 11 is 0. The fraction of sp³-hybridized carbons (Fsp3) is 0.833. The van der Waals surface area contributed by atoms with Crippen LogP contribution in [0.4, 0.5) is 4.79 Å². The number of carboxylic acid groups (broad SMARTS) is 1. The van der Waals surface area contributed by atoms with Gasteiger partial charge in [-0.25, -0.2) is 9.59 Å². The molecular formula is C24H37N3O6. The molecule has 0 spiro atoms. The van der Waals surface area contributed by atoms with Crippen LogP contribution < -0.4 is 10.6 Å². The molecule has 4 fully saturated rings. The number of fused-ring (bicyclic) bond motifs is 2. The van der Waals surface area contributed by atoms with E-state index in [-0.39, 0.29) is 17.9 Å². The van der Waals surface area contributed by atoms with Crippen LogP contribution in [0.15, 0.2) is 0 Å². The zero-order valence-electron chi connectivity index (χ0n) is 19.4. The van der Waals surface area contributed by atoms with Gasteiger partial charge in [-0.2, -0.15) is 0 Å². The van der Waals surface area contributed by atoms with E-state index in [2.05, 4.69) is 10.6 Å². The third-order valence-electron chi connectivity index (χ3n) is 7.88. The van der Waals surface area contributed by atoms with E-state index in [0.29, 0.717) is 32.2 Å². The van der Waals surface area contributed by atoms with Crippen LogP contribution in [-0.2, 0) is 19.1 Å². The summed E-state index contributed by atoms with van der Waals surface area (Å²) in [6.07, 6.45) is 10.7. The molecule has 4 atom stereocenters. The summed E-state index contributed by atoms with van der Waals surface area (Å²) in [5.74, 6) is -1.71. The second-order valence-corrected chi connectivity index (χ2v) is 10.2. The Morgan fingerprint density at radius 1 is 0.939 bits per heavy atom. The first kappa shape index (κ1) is 23.8. The van der Waals surface area contributed by atoms with E-state index in [4.69, 9.17) is 4.74 Å². The highest BCUT2D eigenvalue weighted by Crippen LogP contribution is 2.47. The van der Waals surface area contributed by atoms with Gasteiger partial charge in [-0.3, -0.25) is 9.59 Å². The third kappa shape index (κ3) is 5.44. The number of nitrogens with one attached hydrogen (secondary N) is 2. The molecule has 0 aromatic rings. The largest absolute Gasteiger partial charge is 0.479 e. The van der Waals surface area contributed by atoms with Crippen LogP contribution in [0.5, 0.6) is 0 Å². The Morgan fingerprint density at radius 2 is 1.61 bits per heavy atom. The maximum atomic E-state index is 13.4. The number of hydrogen-bond donors (Lipinski definition) is 3. The van der Waals surface area contributed by atoms with E-state index in [0.717, 1.165) is 64.2 Å². The number of aliphatic carboxylic acids is 1. The van der Waals surface area contributed by atoms with E-state index in [1.165, 1.54) is 4.90 Å². The minimum absolute atomic E-state index is 0.0468. The van der Waals surface area contributed by atoms with Gasteiger partial charge >= 0.3 is 12.1 Å². The molecule has 2 saturated carbocycles. The number of carbonyl (C=O) groups excluding carboxylic acids is 3. The molecule has 2 aliphatic heterocycles. The molecule has 3 amide bonds. The molecule has 0 radical (unpaired) electrons. The summed E-state index contributed by atoms with van der Waals surface area (Å²) in [5, 5.41) is 15.4. The molecule has 33 heavy (non-hydrogen) atoms. The van der Waals surface area contributed by atoms with Crippen LogP contribution in [0.2, 0.25) is 0 Å². The average Bonchev–Trinajstić information content (AvgIpc) is 3.14. The van der Waals surface area contributed by atoms with E-state index >= 15 is 0 Å². The molecule has 4 aliphatic rings. The first-order valence-corrected chi connectivity index (χ1v) is 12.7. The maximum absolute atomic E-state index is 13.4. The van der Waals surface area contributed by atoms with Crippen molar-refractivity contribution in [2.75, 3.05) is 6.54 Å². The molecule has 3 N–H and O–H groups in total. The number of hydrogen-bond acceptors (Lipinski definition) is 5. The quantitative estimate of drug-likeness (QED) is 0.591. The van der Waals surface area contributed by atoms with Crippen molar-refractivity contribution < 1.29 is 29.0 Å². The summed E-state index contributed by atoms with van der Waals surface area (Å²) < 4.78 is 5.51. The van der Waals surface area contributed by atoms with Crippen LogP contribution in [0.1, 0.15) is 89.9 Å². The van der Waals surface area contributed by atoms with Crippen LogP contribution in [0.25, 0.3) is 0 Å². The molecule has 0 bridgehead atoms. The predicted molar refractivity (Wildman–Crippen MR) is 119 cm³/mol. The number of nitrogens with zero attached hydrogens (tertiary/aromatic N) is 1. The SMILES string of the molecule is O=C(N[C@H]1CCCCCCC[C@@H]2C[C@@]2(C(=O)O)NC(=O)[C@@H]2CCCN2C1=O)OC1CCCC1. The standard InChI is InChI=1S/C24H37N3O6/c28-20-19-13-8-14-27(19)21(29)18(25-23(32)33-17-10-6-7-11-17)12-5-3-1-2-4-9-16-15-24(16,26-20)22(30)31/h16-19H,1-15H2,(H,25,32)(H,26,28)(H,30,31)/t16-,18+,19+,24-/m1/s1. The minimum atomic E-state index is -1.20. The normalized spacial score (nSPS) is 33.8. The number of carboxylic acids is 1. The van der Waals surface area contributed by atoms with Gasteiger partial charge in [0.25, 0.3) is 0 Å². The smallest absolute Gasteiger partial charge is 0.408 e. The molecular weight excluding hydrogens is 426 g/mol. The lowest BCUT2D eigenvalue weighted by Gasteiger charge is -2.29. The lowest BCUT2D eigenvalue weighted by atomic mass is 10.0. The highest BCUT2D eigenvalue weighted by Gasteiger charge is 2.61. The summed E-state index contributed by atoms with van der Waals surface area (Å²) in [4.78, 5) is 52.6. The van der Waals surface area contributed by atoms with Gasteiger partial charge in [0.2, 0.25) is 11.8 Å². The van der Waals surface area contributed by atoms with Crippen LogP contribution in [0.3, 0.4) is 0 Å². The van der Waals surface area contributed by atoms with Crippen molar-refractivity contribution in [2.24, 2.45) is 5.92 Å². The summed E-state index contributed by atoms with van der Waals surface area (Å²) in [6, 6.07) is -1.44. The second-order valence-electron chi connectivity index (χ2n) is 10.2. The molecule has 184 valence electrons. The van der Waals surface area contributed by atoms with E-state index in [9.17, 15) is 24.3 Å². The highest BCUT2D eigenvalue weighted by atomic mass is 16.6. The summed E-state index contributed by atoms with van der Waals surface area (Å²) in [7, 11) is 0. The predicted octanol–water partition coefficient (Wildman–Crippen LogP) is 2.72. The zero-order valence-corrected chi connectivity index (χ0v) is 19.4. The van der Waals surface area contributed by atoms with Gasteiger partial charge in [0.15, 0.2) is 0 Å². The van der Waals surface area contributed by atoms with E-state index in [1.54, 1.807) is 0 Å². The fourth-order valence-electron chi connectivity index (χ4n) is 5.81. The lowest BCUT2D eigenvalue weighted by Crippen LogP contribution is -2.56. The third-order valence-corrected chi connectivity index (χ3v) is 7.88. The Balaban J connectivity index is 1.47. The topological polar surface area (TPSA) is 125 Å². The van der Waals surface area contributed by atoms with Gasteiger partial charge in [0.1, 0.15) is 23.7 Å². The van der Waals surface area contributed by atoms with Crippen molar-refractivity contribution in [1.82, 2.24) is 15.5 Å². The van der Waals surface area contributed by atoms with Crippen LogP contribution in [-0.4, -0.2) is 64.2 Å². The van der Waals surface area contributed by atoms with E-state index < -0.39 is 35.6 Å². The molecule has 9 nitrogen and oxygen atoms in total. The maximum Gasteiger partial charge on any atom is 0.408 e. The molecule has 9 heteroatoms. The summed E-state index contributed by atoms with van der Waals surface area (Å²) in [6.45, 7) is 0.427. The van der Waals surface area contributed by atoms with Gasteiger partial charge < -0.3 is 25.4 Å². The van der Waals surface area contributed by atoms with Crippen molar-refractivity contribution in [3.63, 3.8) is 0 Å². The summed E-state index contributed by atoms with van der Waals surface area (Å²) in [5.41, 5.74) is -1.20. The number of rotatable bonds is 3. The average molecular weight is 464 g/mol. The number of alkyl carbamates (subject to hydrolysis) is 1. The van der Waals surface area contributed by atoms with Gasteiger partial charge in [0.05, 0.1) is 0 Å². The van der Waals surface area contributed by atoms with Crippen molar-refractivity contribution in [2.45, 2.75) is 114 Å². The Kier molecular flexibility index (Phi) is 7.44. The van der Waals surface area contributed by atoms with Gasteiger partial charge in [-0.05, 0) is 63.7 Å². The van der Waals surface area contributed by atoms with Crippen molar-refractivity contribution in [3.8, 4) is 0 Å². The molecule has 0 aromatic heterocycles. The van der Waals surface area contributed by atoms with Crippen molar-refractivity contribution in [3.05, 3.63) is 0 Å². The Bertz CT molecular complexity index is 767. The molecule has 2 heterocycles. The Hall–Kier alpha value is -2.32. The highest BCUT2D eigenvalue weighted by molar-refractivity contribution is 5.95. The number of ether oxygens (including phenoxy) is 1. The first-order valence-electron chi connectivity index (χ1n) is 12.7. The van der Waals surface area contributed by atoms with Crippen LogP contribution >= 0.6 is 0 Å². The van der Waals surface area contributed by atoms with Gasteiger partial charge in [0, 0.05) is 6.54 Å². The van der Waals surface area contributed by atoms with Crippen LogP contribution in [0, 0.1) is 5.92 Å². The zero-order chi connectivity index (χ0) is 23.4. The second kappa shape index (κ2) is 10.3. The first-order chi connectivity index (χ1) is 15.9.